The summed E-state index contributed by atoms with van der Waals surface area (Å²) in [6.07, 6.45) is 1.19. The van der Waals surface area contributed by atoms with Gasteiger partial charge in [0.15, 0.2) is 0 Å². The molecule has 2 aromatic carbocycles. The fourth-order valence-corrected chi connectivity index (χ4v) is 3.31. The summed E-state index contributed by atoms with van der Waals surface area (Å²) < 4.78 is 13.6. The van der Waals surface area contributed by atoms with Gasteiger partial charge < -0.3 is 10.2 Å². The number of carbonyl (C=O) groups is 2. The van der Waals surface area contributed by atoms with E-state index in [9.17, 15) is 14.0 Å². The number of nitrogens with one attached hydrogen (secondary N) is 1. The van der Waals surface area contributed by atoms with Gasteiger partial charge in [0.2, 0.25) is 5.91 Å². The quantitative estimate of drug-likeness (QED) is 0.888. The first-order valence-electron chi connectivity index (χ1n) is 8.60. The number of benzene rings is 2. The third-order valence-electron chi connectivity index (χ3n) is 4.64. The Bertz CT molecular complexity index is 804. The van der Waals surface area contributed by atoms with Crippen LogP contribution in [-0.2, 0) is 11.3 Å². The van der Waals surface area contributed by atoms with Crippen LogP contribution in [0.4, 0.5) is 4.39 Å². The summed E-state index contributed by atoms with van der Waals surface area (Å²) in [7, 11) is 0. The van der Waals surface area contributed by atoms with Gasteiger partial charge in [-0.25, -0.2) is 4.39 Å². The maximum atomic E-state index is 13.6. The first kappa shape index (κ1) is 18.4. The molecule has 0 saturated carbocycles. The van der Waals surface area contributed by atoms with Crippen LogP contribution >= 0.6 is 11.6 Å². The number of hydrogen-bond donors (Lipinski definition) is 1. The van der Waals surface area contributed by atoms with Crippen LogP contribution in [0.3, 0.4) is 0 Å². The van der Waals surface area contributed by atoms with Crippen molar-refractivity contribution in [1.29, 1.82) is 0 Å². The van der Waals surface area contributed by atoms with Crippen molar-refractivity contribution in [2.24, 2.45) is 5.92 Å². The number of amides is 2. The van der Waals surface area contributed by atoms with E-state index in [-0.39, 0.29) is 30.1 Å². The van der Waals surface area contributed by atoms with Crippen LogP contribution in [0.25, 0.3) is 0 Å². The van der Waals surface area contributed by atoms with Crippen LogP contribution in [-0.4, -0.2) is 29.8 Å². The second kappa shape index (κ2) is 8.32. The SMILES string of the molecule is O=C(NCc1ccccc1F)C1CCN(C(=O)c2cccc(Cl)c2)CC1. The van der Waals surface area contributed by atoms with E-state index in [0.717, 1.165) is 0 Å². The zero-order valence-corrected chi connectivity index (χ0v) is 15.0. The number of carbonyl (C=O) groups excluding carboxylic acids is 2. The molecular formula is C20H20ClFN2O2. The Hall–Kier alpha value is -2.40. The highest BCUT2D eigenvalue weighted by Crippen LogP contribution is 2.21. The normalized spacial score (nSPS) is 14.9. The zero-order chi connectivity index (χ0) is 18.5. The Morgan fingerprint density at radius 3 is 2.54 bits per heavy atom. The molecule has 1 heterocycles. The van der Waals surface area contributed by atoms with Crippen LogP contribution in [0.1, 0.15) is 28.8 Å². The van der Waals surface area contributed by atoms with Crippen LogP contribution in [0.5, 0.6) is 0 Å². The molecule has 136 valence electrons. The Labute approximate surface area is 157 Å². The molecule has 1 saturated heterocycles. The lowest BCUT2D eigenvalue weighted by atomic mass is 9.95. The second-order valence-corrected chi connectivity index (χ2v) is 6.82. The lowest BCUT2D eigenvalue weighted by Gasteiger charge is -2.31. The molecule has 1 aliphatic rings. The first-order valence-corrected chi connectivity index (χ1v) is 8.98. The van der Waals surface area contributed by atoms with Gasteiger partial charge in [0, 0.05) is 41.7 Å². The van der Waals surface area contributed by atoms with Crippen molar-refractivity contribution in [3.8, 4) is 0 Å². The molecule has 0 aliphatic carbocycles. The minimum absolute atomic E-state index is 0.0716. The van der Waals surface area contributed by atoms with E-state index in [1.54, 1.807) is 47.4 Å². The Balaban J connectivity index is 1.51. The Kier molecular flexibility index (Phi) is 5.89. The average Bonchev–Trinajstić information content (AvgIpc) is 2.66. The molecule has 1 fully saturated rings. The summed E-state index contributed by atoms with van der Waals surface area (Å²) in [4.78, 5) is 26.6. The van der Waals surface area contributed by atoms with Crippen molar-refractivity contribution < 1.29 is 14.0 Å². The molecule has 1 N–H and O–H groups in total. The molecule has 6 heteroatoms. The molecular weight excluding hydrogens is 355 g/mol. The van der Waals surface area contributed by atoms with E-state index in [0.29, 0.717) is 42.1 Å². The maximum absolute atomic E-state index is 13.6. The van der Waals surface area contributed by atoms with E-state index in [1.807, 2.05) is 0 Å². The van der Waals surface area contributed by atoms with Gasteiger partial charge in [0.1, 0.15) is 5.82 Å². The molecule has 2 amide bonds. The minimum Gasteiger partial charge on any atom is -0.352 e. The highest BCUT2D eigenvalue weighted by atomic mass is 35.5. The fraction of sp³-hybridized carbons (Fsp3) is 0.300. The van der Waals surface area contributed by atoms with Gasteiger partial charge in [0.25, 0.3) is 5.91 Å². The average molecular weight is 375 g/mol. The number of likely N-dealkylation sites (tertiary alicyclic amines) is 1. The zero-order valence-electron chi connectivity index (χ0n) is 14.3. The summed E-state index contributed by atoms with van der Waals surface area (Å²) in [6, 6.07) is 13.3. The fourth-order valence-electron chi connectivity index (χ4n) is 3.12. The van der Waals surface area contributed by atoms with Crippen molar-refractivity contribution in [1.82, 2.24) is 10.2 Å². The molecule has 26 heavy (non-hydrogen) atoms. The summed E-state index contributed by atoms with van der Waals surface area (Å²) in [5, 5.41) is 3.32. The van der Waals surface area contributed by atoms with E-state index in [4.69, 9.17) is 11.6 Å². The van der Waals surface area contributed by atoms with Gasteiger partial charge in [-0.2, -0.15) is 0 Å². The Morgan fingerprint density at radius 2 is 1.85 bits per heavy atom. The monoisotopic (exact) mass is 374 g/mol. The smallest absolute Gasteiger partial charge is 0.253 e. The lowest BCUT2D eigenvalue weighted by molar-refractivity contribution is -0.126. The van der Waals surface area contributed by atoms with Gasteiger partial charge in [-0.05, 0) is 37.1 Å². The van der Waals surface area contributed by atoms with Crippen LogP contribution < -0.4 is 5.32 Å². The summed E-state index contributed by atoms with van der Waals surface area (Å²) >= 11 is 5.94. The topological polar surface area (TPSA) is 49.4 Å². The van der Waals surface area contributed by atoms with Crippen LogP contribution in [0.15, 0.2) is 48.5 Å². The number of rotatable bonds is 4. The van der Waals surface area contributed by atoms with E-state index < -0.39 is 0 Å². The molecule has 0 atom stereocenters. The van der Waals surface area contributed by atoms with E-state index in [1.165, 1.54) is 6.07 Å². The first-order chi connectivity index (χ1) is 12.5. The third-order valence-corrected chi connectivity index (χ3v) is 4.87. The van der Waals surface area contributed by atoms with Crippen molar-refractivity contribution in [2.45, 2.75) is 19.4 Å². The molecule has 0 spiro atoms. The molecule has 0 radical (unpaired) electrons. The maximum Gasteiger partial charge on any atom is 0.253 e. The molecule has 1 aliphatic heterocycles. The molecule has 0 aromatic heterocycles. The van der Waals surface area contributed by atoms with Crippen molar-refractivity contribution in [2.75, 3.05) is 13.1 Å². The minimum atomic E-state index is -0.324. The molecule has 0 unspecified atom stereocenters. The predicted molar refractivity (Wildman–Crippen MR) is 98.3 cm³/mol. The molecule has 0 bridgehead atoms. The Morgan fingerprint density at radius 1 is 1.12 bits per heavy atom. The highest BCUT2D eigenvalue weighted by molar-refractivity contribution is 6.30. The van der Waals surface area contributed by atoms with Crippen molar-refractivity contribution in [3.05, 3.63) is 70.5 Å². The summed E-state index contributed by atoms with van der Waals surface area (Å²) in [6.45, 7) is 1.21. The predicted octanol–water partition coefficient (Wildman–Crippen LogP) is 3.65. The number of halogens is 2. The van der Waals surface area contributed by atoms with Crippen molar-refractivity contribution in [3.63, 3.8) is 0 Å². The van der Waals surface area contributed by atoms with Gasteiger partial charge in [0.05, 0.1) is 0 Å². The molecule has 4 nitrogen and oxygen atoms in total. The van der Waals surface area contributed by atoms with Gasteiger partial charge >= 0.3 is 0 Å². The third kappa shape index (κ3) is 4.41. The standard InChI is InChI=1S/C20H20ClFN2O2/c21-17-6-3-5-15(12-17)20(26)24-10-8-14(9-11-24)19(25)23-13-16-4-1-2-7-18(16)22/h1-7,12,14H,8-11,13H2,(H,23,25). The largest absolute Gasteiger partial charge is 0.352 e. The van der Waals surface area contributed by atoms with Gasteiger partial charge in [-0.15, -0.1) is 0 Å². The number of nitrogens with zero attached hydrogens (tertiary/aromatic N) is 1. The van der Waals surface area contributed by atoms with Gasteiger partial charge in [-0.1, -0.05) is 35.9 Å². The highest BCUT2D eigenvalue weighted by Gasteiger charge is 2.27. The van der Waals surface area contributed by atoms with Crippen LogP contribution in [0, 0.1) is 11.7 Å². The van der Waals surface area contributed by atoms with Gasteiger partial charge in [-0.3, -0.25) is 9.59 Å². The number of piperidine rings is 1. The molecule has 3 rings (SSSR count). The lowest BCUT2D eigenvalue weighted by Crippen LogP contribution is -2.43. The summed E-state index contributed by atoms with van der Waals surface area (Å²) in [5.41, 5.74) is 1.02. The van der Waals surface area contributed by atoms with E-state index in [2.05, 4.69) is 5.32 Å². The molecule has 2 aromatic rings. The van der Waals surface area contributed by atoms with Crippen LogP contribution in [0.2, 0.25) is 5.02 Å². The second-order valence-electron chi connectivity index (χ2n) is 6.39. The van der Waals surface area contributed by atoms with Crippen molar-refractivity contribution >= 4 is 23.4 Å². The summed E-state index contributed by atoms with van der Waals surface area (Å²) in [5.74, 6) is -0.652. The van der Waals surface area contributed by atoms with E-state index >= 15 is 0 Å². The number of hydrogen-bond acceptors (Lipinski definition) is 2.